The van der Waals surface area contributed by atoms with E-state index in [1.807, 2.05) is 0 Å². The summed E-state index contributed by atoms with van der Waals surface area (Å²) in [5.74, 6) is -0.568. The van der Waals surface area contributed by atoms with Crippen LogP contribution in [0.15, 0.2) is 64.0 Å². The number of fused-ring (bicyclic) bond motifs is 2. The maximum atomic E-state index is 12.8. The van der Waals surface area contributed by atoms with Crippen LogP contribution in [0.2, 0.25) is 0 Å². The molecule has 0 aliphatic carbocycles. The second kappa shape index (κ2) is 4.54. The summed E-state index contributed by atoms with van der Waals surface area (Å²) in [5.41, 5.74) is -1.14. The van der Waals surface area contributed by atoms with Gasteiger partial charge in [-0.2, -0.15) is 0 Å². The van der Waals surface area contributed by atoms with E-state index in [9.17, 15) is 14.7 Å². The van der Waals surface area contributed by atoms with Crippen molar-refractivity contribution >= 4 is 22.6 Å². The molecule has 0 unspecified atom stereocenters. The maximum absolute atomic E-state index is 12.8. The lowest BCUT2D eigenvalue weighted by Gasteiger charge is -2.21. The molecule has 1 aromatic heterocycles. The number of rotatable bonds is 1. The number of nitrogens with zero attached hydrogens (tertiary/aromatic N) is 1. The minimum Gasteiger partial charge on any atom is -0.464 e. The van der Waals surface area contributed by atoms with Crippen LogP contribution in [0.3, 0.4) is 0 Å². The lowest BCUT2D eigenvalue weighted by molar-refractivity contribution is -0.132. The zero-order chi connectivity index (χ0) is 16.2. The summed E-state index contributed by atoms with van der Waals surface area (Å²) in [6, 6.07) is 13.6. The minimum absolute atomic E-state index is 0.0713. The van der Waals surface area contributed by atoms with Crippen molar-refractivity contribution in [2.24, 2.45) is 0 Å². The van der Waals surface area contributed by atoms with Crippen molar-refractivity contribution in [3.8, 4) is 0 Å². The lowest BCUT2D eigenvalue weighted by atomic mass is 9.88. The van der Waals surface area contributed by atoms with Gasteiger partial charge < -0.3 is 14.4 Å². The van der Waals surface area contributed by atoms with Crippen molar-refractivity contribution in [1.82, 2.24) is 0 Å². The van der Waals surface area contributed by atoms with Gasteiger partial charge in [-0.25, -0.2) is 0 Å². The van der Waals surface area contributed by atoms with Crippen molar-refractivity contribution in [2.45, 2.75) is 5.60 Å². The second-order valence-electron chi connectivity index (χ2n) is 5.57. The van der Waals surface area contributed by atoms with E-state index in [-0.39, 0.29) is 5.56 Å². The van der Waals surface area contributed by atoms with Crippen LogP contribution in [0, 0.1) is 0 Å². The number of likely N-dealkylation sites (N-methyl/N-ethyl adjacent to an activating group) is 1. The molecule has 3 aromatic rings. The van der Waals surface area contributed by atoms with Gasteiger partial charge in [-0.05, 0) is 18.2 Å². The van der Waals surface area contributed by atoms with Crippen LogP contribution in [0.1, 0.15) is 11.1 Å². The number of aliphatic hydroxyl groups is 1. The molecule has 1 N–H and O–H groups in total. The third-order valence-electron chi connectivity index (χ3n) is 4.34. The number of anilines is 1. The Kier molecular flexibility index (Phi) is 2.71. The molecule has 0 saturated heterocycles. The van der Waals surface area contributed by atoms with Crippen molar-refractivity contribution in [1.29, 1.82) is 0 Å². The quantitative estimate of drug-likeness (QED) is 0.746. The summed E-state index contributed by atoms with van der Waals surface area (Å²) in [6.07, 6.45) is 1.18. The number of hydrogen-bond donors (Lipinski definition) is 1. The van der Waals surface area contributed by atoms with Gasteiger partial charge in [0, 0.05) is 12.6 Å². The Balaban J connectivity index is 2.06. The molecular weight excluding hydrogens is 294 g/mol. The van der Waals surface area contributed by atoms with E-state index in [4.69, 9.17) is 4.42 Å². The van der Waals surface area contributed by atoms with Gasteiger partial charge in [0.2, 0.25) is 5.60 Å². The Morgan fingerprint density at radius 1 is 1.00 bits per heavy atom. The van der Waals surface area contributed by atoms with Crippen LogP contribution in [0.4, 0.5) is 5.69 Å². The Bertz CT molecular complexity index is 1010. The molecule has 0 saturated carbocycles. The van der Waals surface area contributed by atoms with Gasteiger partial charge in [-0.15, -0.1) is 0 Å². The van der Waals surface area contributed by atoms with E-state index in [1.165, 1.54) is 11.2 Å². The van der Waals surface area contributed by atoms with Crippen LogP contribution >= 0.6 is 0 Å². The first-order chi connectivity index (χ1) is 11.0. The minimum atomic E-state index is -2.03. The van der Waals surface area contributed by atoms with Crippen molar-refractivity contribution in [2.75, 3.05) is 11.9 Å². The number of hydrogen-bond acceptors (Lipinski definition) is 4. The number of carbonyl (C=O) groups is 1. The largest absolute Gasteiger partial charge is 0.464 e. The van der Waals surface area contributed by atoms with Gasteiger partial charge in [0.15, 0.2) is 5.43 Å². The number of para-hydroxylation sites is 2. The molecule has 0 fully saturated rings. The predicted octanol–water partition coefficient (Wildman–Crippen LogP) is 2.01. The highest BCUT2D eigenvalue weighted by atomic mass is 16.3. The molecule has 5 heteroatoms. The fraction of sp³-hybridized carbons (Fsp3) is 0.111. The number of amides is 1. The van der Waals surface area contributed by atoms with Gasteiger partial charge in [0.05, 0.1) is 16.6 Å². The first-order valence-corrected chi connectivity index (χ1v) is 7.16. The molecule has 114 valence electrons. The van der Waals surface area contributed by atoms with Crippen LogP contribution in [-0.2, 0) is 10.4 Å². The fourth-order valence-corrected chi connectivity index (χ4v) is 3.13. The maximum Gasteiger partial charge on any atom is 0.268 e. The van der Waals surface area contributed by atoms with E-state index in [0.717, 1.165) is 0 Å². The van der Waals surface area contributed by atoms with Crippen molar-refractivity contribution in [3.05, 3.63) is 76.1 Å². The summed E-state index contributed by atoms with van der Waals surface area (Å²) in [7, 11) is 1.57. The topological polar surface area (TPSA) is 70.8 Å². The van der Waals surface area contributed by atoms with E-state index in [0.29, 0.717) is 22.2 Å². The molecule has 5 nitrogen and oxygen atoms in total. The molecule has 1 amide bonds. The Morgan fingerprint density at radius 3 is 2.52 bits per heavy atom. The van der Waals surface area contributed by atoms with Crippen molar-refractivity contribution < 1.29 is 14.3 Å². The fourth-order valence-electron chi connectivity index (χ4n) is 3.13. The van der Waals surface area contributed by atoms with Crippen LogP contribution in [0.25, 0.3) is 11.0 Å². The molecule has 23 heavy (non-hydrogen) atoms. The summed E-state index contributed by atoms with van der Waals surface area (Å²) in [4.78, 5) is 26.8. The standard InChI is InChI=1S/C18H13NO4/c1-19-14-8-4-3-7-12(14)18(22,17(19)21)13-10-23-15-9-5-2-6-11(15)16(13)20/h2-10,22H,1H3/t18-/m1/s1. The van der Waals surface area contributed by atoms with E-state index in [1.54, 1.807) is 55.6 Å². The van der Waals surface area contributed by atoms with Gasteiger partial charge in [-0.3, -0.25) is 9.59 Å². The zero-order valence-electron chi connectivity index (χ0n) is 12.3. The van der Waals surface area contributed by atoms with E-state index in [2.05, 4.69) is 0 Å². The molecule has 2 aromatic carbocycles. The second-order valence-corrected chi connectivity index (χ2v) is 5.57. The molecule has 1 aliphatic rings. The molecule has 1 aliphatic heterocycles. The lowest BCUT2D eigenvalue weighted by Crippen LogP contribution is -2.42. The van der Waals surface area contributed by atoms with E-state index >= 15 is 0 Å². The Labute approximate surface area is 131 Å². The third kappa shape index (κ3) is 1.65. The first-order valence-electron chi connectivity index (χ1n) is 7.16. The van der Waals surface area contributed by atoms with Crippen LogP contribution < -0.4 is 10.3 Å². The van der Waals surface area contributed by atoms with Crippen LogP contribution in [0.5, 0.6) is 0 Å². The smallest absolute Gasteiger partial charge is 0.268 e. The number of carbonyl (C=O) groups excluding carboxylic acids is 1. The highest BCUT2D eigenvalue weighted by molar-refractivity contribution is 6.08. The van der Waals surface area contributed by atoms with Gasteiger partial charge in [-0.1, -0.05) is 30.3 Å². The molecular formula is C18H13NO4. The monoisotopic (exact) mass is 307 g/mol. The molecule has 4 rings (SSSR count). The Morgan fingerprint density at radius 2 is 1.70 bits per heavy atom. The predicted molar refractivity (Wildman–Crippen MR) is 85.3 cm³/mol. The Hall–Kier alpha value is -2.92. The molecule has 0 bridgehead atoms. The average molecular weight is 307 g/mol. The van der Waals surface area contributed by atoms with Crippen LogP contribution in [-0.4, -0.2) is 18.1 Å². The van der Waals surface area contributed by atoms with Gasteiger partial charge >= 0.3 is 0 Å². The summed E-state index contributed by atoms with van der Waals surface area (Å²) < 4.78 is 5.47. The average Bonchev–Trinajstić information content (AvgIpc) is 2.78. The molecule has 2 heterocycles. The third-order valence-corrected chi connectivity index (χ3v) is 4.34. The number of benzene rings is 2. The molecule has 0 radical (unpaired) electrons. The van der Waals surface area contributed by atoms with Gasteiger partial charge in [0.25, 0.3) is 5.91 Å². The normalized spacial score (nSPS) is 20.1. The van der Waals surface area contributed by atoms with Crippen molar-refractivity contribution in [3.63, 3.8) is 0 Å². The van der Waals surface area contributed by atoms with E-state index < -0.39 is 16.9 Å². The summed E-state index contributed by atoms with van der Waals surface area (Å²) in [5, 5.41) is 11.5. The summed E-state index contributed by atoms with van der Waals surface area (Å²) in [6.45, 7) is 0. The first kappa shape index (κ1) is 13.7. The zero-order valence-corrected chi connectivity index (χ0v) is 12.3. The van der Waals surface area contributed by atoms with Gasteiger partial charge in [0.1, 0.15) is 11.8 Å². The molecule has 0 spiro atoms. The molecule has 1 atom stereocenters. The highest BCUT2D eigenvalue weighted by Crippen LogP contribution is 2.42. The summed E-state index contributed by atoms with van der Waals surface area (Å²) >= 11 is 0. The SMILES string of the molecule is CN1C(=O)[C@](O)(c2coc3ccccc3c2=O)c2ccccc21. The highest BCUT2D eigenvalue weighted by Gasteiger charge is 2.51.